The van der Waals surface area contributed by atoms with Gasteiger partial charge in [0.05, 0.1) is 6.04 Å². The summed E-state index contributed by atoms with van der Waals surface area (Å²) < 4.78 is 5.79. The number of carboxylic acids is 1. The number of hydrogen-bond donors (Lipinski definition) is 1. The van der Waals surface area contributed by atoms with Crippen LogP contribution in [0.3, 0.4) is 0 Å². The Bertz CT molecular complexity index is 628. The molecule has 1 unspecified atom stereocenters. The van der Waals surface area contributed by atoms with Gasteiger partial charge in [0, 0.05) is 25.3 Å². The summed E-state index contributed by atoms with van der Waals surface area (Å²) in [6.07, 6.45) is 1.57. The minimum atomic E-state index is -0.823. The number of fused-ring (bicyclic) bond motifs is 1. The van der Waals surface area contributed by atoms with E-state index in [0.29, 0.717) is 19.3 Å². The van der Waals surface area contributed by atoms with Crippen molar-refractivity contribution in [3.05, 3.63) is 36.1 Å². The standard InChI is InChI=1S/C17H21NO4/c1-12(15-11-13-7-3-4-8-14(13)22-15)18(2)16(19)9-5-6-10-17(20)21/h3-4,7-8,11-12H,5-6,9-10H2,1-2H3,(H,20,21). The zero-order valence-electron chi connectivity index (χ0n) is 12.9. The molecule has 118 valence electrons. The van der Waals surface area contributed by atoms with E-state index in [2.05, 4.69) is 0 Å². The zero-order valence-corrected chi connectivity index (χ0v) is 12.9. The maximum atomic E-state index is 12.2. The van der Waals surface area contributed by atoms with Gasteiger partial charge in [-0.25, -0.2) is 0 Å². The Hall–Kier alpha value is -2.30. The fourth-order valence-electron chi connectivity index (χ4n) is 2.34. The van der Waals surface area contributed by atoms with Gasteiger partial charge in [-0.05, 0) is 31.9 Å². The summed E-state index contributed by atoms with van der Waals surface area (Å²) >= 11 is 0. The molecule has 0 aliphatic heterocycles. The molecule has 0 saturated heterocycles. The van der Waals surface area contributed by atoms with Crippen LogP contribution in [0.4, 0.5) is 0 Å². The van der Waals surface area contributed by atoms with Gasteiger partial charge in [0.15, 0.2) is 0 Å². The third-order valence-corrected chi connectivity index (χ3v) is 3.86. The Morgan fingerprint density at radius 3 is 2.59 bits per heavy atom. The van der Waals surface area contributed by atoms with E-state index in [1.807, 2.05) is 37.3 Å². The number of carbonyl (C=O) groups excluding carboxylic acids is 1. The van der Waals surface area contributed by atoms with Gasteiger partial charge in [-0.3, -0.25) is 9.59 Å². The molecule has 0 spiro atoms. The zero-order chi connectivity index (χ0) is 16.1. The van der Waals surface area contributed by atoms with E-state index < -0.39 is 5.97 Å². The molecule has 1 atom stereocenters. The van der Waals surface area contributed by atoms with Crippen LogP contribution in [-0.2, 0) is 9.59 Å². The van der Waals surface area contributed by atoms with E-state index in [9.17, 15) is 9.59 Å². The van der Waals surface area contributed by atoms with E-state index in [0.717, 1.165) is 16.7 Å². The highest BCUT2D eigenvalue weighted by Gasteiger charge is 2.20. The van der Waals surface area contributed by atoms with Crippen LogP contribution >= 0.6 is 0 Å². The number of furan rings is 1. The lowest BCUT2D eigenvalue weighted by molar-refractivity contribution is -0.137. The summed E-state index contributed by atoms with van der Waals surface area (Å²) in [5, 5.41) is 9.61. The molecule has 0 fully saturated rings. The highest BCUT2D eigenvalue weighted by atomic mass is 16.4. The minimum Gasteiger partial charge on any atom is -0.481 e. The molecule has 2 rings (SSSR count). The largest absolute Gasteiger partial charge is 0.481 e. The van der Waals surface area contributed by atoms with E-state index in [1.165, 1.54) is 0 Å². The maximum Gasteiger partial charge on any atom is 0.303 e. The third-order valence-electron chi connectivity index (χ3n) is 3.86. The molecule has 1 aromatic carbocycles. The third kappa shape index (κ3) is 3.87. The summed E-state index contributed by atoms with van der Waals surface area (Å²) in [5.41, 5.74) is 0.812. The smallest absolute Gasteiger partial charge is 0.303 e. The van der Waals surface area contributed by atoms with Crippen LogP contribution in [0.15, 0.2) is 34.7 Å². The van der Waals surface area contributed by atoms with E-state index >= 15 is 0 Å². The number of para-hydroxylation sites is 1. The van der Waals surface area contributed by atoms with Gasteiger partial charge in [-0.1, -0.05) is 18.2 Å². The minimum absolute atomic E-state index is 0.00153. The highest BCUT2D eigenvalue weighted by Crippen LogP contribution is 2.27. The second-order valence-electron chi connectivity index (χ2n) is 5.47. The first-order valence-corrected chi connectivity index (χ1v) is 7.45. The number of amides is 1. The topological polar surface area (TPSA) is 70.8 Å². The fourth-order valence-corrected chi connectivity index (χ4v) is 2.34. The lowest BCUT2D eigenvalue weighted by Crippen LogP contribution is -2.29. The van der Waals surface area contributed by atoms with Gasteiger partial charge in [-0.15, -0.1) is 0 Å². The number of unbranched alkanes of at least 4 members (excludes halogenated alkanes) is 1. The van der Waals surface area contributed by atoms with Crippen molar-refractivity contribution in [2.75, 3.05) is 7.05 Å². The fraction of sp³-hybridized carbons (Fsp3) is 0.412. The number of rotatable bonds is 7. The van der Waals surface area contributed by atoms with Crippen LogP contribution in [0.5, 0.6) is 0 Å². The molecule has 0 saturated carbocycles. The Morgan fingerprint density at radius 1 is 1.23 bits per heavy atom. The van der Waals surface area contributed by atoms with Gasteiger partial charge >= 0.3 is 5.97 Å². The average Bonchev–Trinajstić information content (AvgIpc) is 2.93. The summed E-state index contributed by atoms with van der Waals surface area (Å²) in [6.45, 7) is 1.92. The van der Waals surface area contributed by atoms with Gasteiger partial charge < -0.3 is 14.4 Å². The number of hydrogen-bond acceptors (Lipinski definition) is 3. The molecule has 22 heavy (non-hydrogen) atoms. The Labute approximate surface area is 129 Å². The molecular weight excluding hydrogens is 282 g/mol. The summed E-state index contributed by atoms with van der Waals surface area (Å²) in [4.78, 5) is 24.3. The molecule has 0 aliphatic carbocycles. The molecule has 1 aromatic heterocycles. The normalized spacial score (nSPS) is 12.3. The van der Waals surface area contributed by atoms with Gasteiger partial charge in [-0.2, -0.15) is 0 Å². The number of nitrogens with zero attached hydrogens (tertiary/aromatic N) is 1. The van der Waals surface area contributed by atoms with Crippen molar-refractivity contribution in [2.45, 2.75) is 38.6 Å². The molecule has 1 heterocycles. The molecule has 0 aliphatic rings. The van der Waals surface area contributed by atoms with Crippen molar-refractivity contribution in [2.24, 2.45) is 0 Å². The number of benzene rings is 1. The summed E-state index contributed by atoms with van der Waals surface area (Å²) in [7, 11) is 1.75. The molecule has 1 N–H and O–H groups in total. The lowest BCUT2D eigenvalue weighted by atomic mass is 10.1. The van der Waals surface area contributed by atoms with Crippen molar-refractivity contribution < 1.29 is 19.1 Å². The molecular formula is C17H21NO4. The molecule has 0 radical (unpaired) electrons. The maximum absolute atomic E-state index is 12.2. The number of carboxylic acid groups (broad SMARTS) is 1. The molecule has 5 heteroatoms. The Balaban J connectivity index is 1.94. The van der Waals surface area contributed by atoms with Crippen molar-refractivity contribution in [1.82, 2.24) is 4.90 Å². The van der Waals surface area contributed by atoms with Crippen LogP contribution in [0.25, 0.3) is 11.0 Å². The molecule has 0 bridgehead atoms. The summed E-state index contributed by atoms with van der Waals surface area (Å²) in [6, 6.07) is 9.54. The van der Waals surface area contributed by atoms with E-state index in [1.54, 1.807) is 11.9 Å². The first kappa shape index (κ1) is 16.1. The van der Waals surface area contributed by atoms with Crippen molar-refractivity contribution in [1.29, 1.82) is 0 Å². The molecule has 1 amide bonds. The quantitative estimate of drug-likeness (QED) is 0.793. The molecule has 2 aromatic rings. The van der Waals surface area contributed by atoms with Gasteiger partial charge in [0.2, 0.25) is 5.91 Å². The van der Waals surface area contributed by atoms with Crippen molar-refractivity contribution in [3.8, 4) is 0 Å². The van der Waals surface area contributed by atoms with Crippen LogP contribution in [0.2, 0.25) is 0 Å². The van der Waals surface area contributed by atoms with Gasteiger partial charge in [0.25, 0.3) is 0 Å². The van der Waals surface area contributed by atoms with Crippen molar-refractivity contribution >= 4 is 22.8 Å². The second-order valence-corrected chi connectivity index (χ2v) is 5.47. The highest BCUT2D eigenvalue weighted by molar-refractivity contribution is 5.79. The van der Waals surface area contributed by atoms with Gasteiger partial charge in [0.1, 0.15) is 11.3 Å². The first-order chi connectivity index (χ1) is 10.5. The predicted octanol–water partition coefficient (Wildman–Crippen LogP) is 3.60. The van der Waals surface area contributed by atoms with Crippen molar-refractivity contribution in [3.63, 3.8) is 0 Å². The van der Waals surface area contributed by atoms with E-state index in [4.69, 9.17) is 9.52 Å². The lowest BCUT2D eigenvalue weighted by Gasteiger charge is -2.23. The Morgan fingerprint density at radius 2 is 1.91 bits per heavy atom. The SMILES string of the molecule is CC(c1cc2ccccc2o1)N(C)C(=O)CCCCC(=O)O. The molecule has 5 nitrogen and oxygen atoms in total. The number of carbonyl (C=O) groups is 2. The second kappa shape index (κ2) is 7.11. The van der Waals surface area contributed by atoms with Crippen LogP contribution < -0.4 is 0 Å². The van der Waals surface area contributed by atoms with Crippen LogP contribution in [-0.4, -0.2) is 28.9 Å². The van der Waals surface area contributed by atoms with E-state index in [-0.39, 0.29) is 18.4 Å². The predicted molar refractivity (Wildman–Crippen MR) is 83.5 cm³/mol. The monoisotopic (exact) mass is 303 g/mol. The van der Waals surface area contributed by atoms with Crippen LogP contribution in [0.1, 0.15) is 44.4 Å². The average molecular weight is 303 g/mol. The first-order valence-electron chi connectivity index (χ1n) is 7.45. The van der Waals surface area contributed by atoms with Crippen LogP contribution in [0, 0.1) is 0 Å². The number of aliphatic carboxylic acids is 1. The Kier molecular flexibility index (Phi) is 5.20. The summed E-state index contributed by atoms with van der Waals surface area (Å²) in [5.74, 6) is -0.0719.